The molecular weight excluding hydrogens is 380 g/mol. The largest absolute Gasteiger partial charge is 0.489 e. The highest BCUT2D eigenvalue weighted by atomic mass is 16.6. The Morgan fingerprint density at radius 3 is 2.30 bits per heavy atom. The Labute approximate surface area is 175 Å². The molecule has 0 amide bonds. The van der Waals surface area contributed by atoms with E-state index in [9.17, 15) is 10.1 Å². The number of hydrogen-bond donors (Lipinski definition) is 0. The van der Waals surface area contributed by atoms with E-state index in [0.717, 1.165) is 22.4 Å². The average Bonchev–Trinajstić information content (AvgIpc) is 3.28. The fourth-order valence-corrected chi connectivity index (χ4v) is 3.36. The molecule has 0 saturated carbocycles. The van der Waals surface area contributed by atoms with Crippen molar-refractivity contribution in [3.63, 3.8) is 0 Å². The predicted octanol–water partition coefficient (Wildman–Crippen LogP) is 4.62. The Bertz CT molecular complexity index is 1000. The summed E-state index contributed by atoms with van der Waals surface area (Å²) in [5.74, 6) is 0.914. The fourth-order valence-electron chi connectivity index (χ4n) is 3.36. The monoisotopic (exact) mass is 402 g/mol. The van der Waals surface area contributed by atoms with E-state index in [1.807, 2.05) is 84.9 Å². The van der Waals surface area contributed by atoms with Crippen molar-refractivity contribution in [3.05, 3.63) is 112 Å². The fraction of sp³-hybridized carbons (Fsp3) is 0.208. The van der Waals surface area contributed by atoms with E-state index in [2.05, 4.69) is 4.99 Å². The maximum Gasteiger partial charge on any atom is 0.290 e. The molecule has 6 heteroatoms. The van der Waals surface area contributed by atoms with Crippen molar-refractivity contribution < 1.29 is 14.4 Å². The van der Waals surface area contributed by atoms with Crippen molar-refractivity contribution in [1.29, 1.82) is 0 Å². The van der Waals surface area contributed by atoms with Crippen LogP contribution in [0.3, 0.4) is 0 Å². The maximum atomic E-state index is 11.7. The lowest BCUT2D eigenvalue weighted by molar-refractivity contribution is -0.504. The molecule has 0 aliphatic carbocycles. The van der Waals surface area contributed by atoms with Gasteiger partial charge in [0.15, 0.2) is 0 Å². The van der Waals surface area contributed by atoms with E-state index in [4.69, 9.17) is 9.47 Å². The second kappa shape index (κ2) is 9.22. The predicted molar refractivity (Wildman–Crippen MR) is 114 cm³/mol. The number of aliphatic imine (C=N–C) groups is 1. The molecule has 1 aliphatic rings. The van der Waals surface area contributed by atoms with Crippen LogP contribution in [-0.4, -0.2) is 23.5 Å². The van der Waals surface area contributed by atoms with Gasteiger partial charge in [-0.15, -0.1) is 0 Å². The summed E-state index contributed by atoms with van der Waals surface area (Å²) in [7, 11) is 0. The van der Waals surface area contributed by atoms with Crippen LogP contribution in [0.2, 0.25) is 0 Å². The molecular formula is C24H22N2O4. The summed E-state index contributed by atoms with van der Waals surface area (Å²) < 4.78 is 11.4. The standard InChI is InChI=1S/C24H22N2O4/c27-26(28)23(24-25-22(17-30-24)20-9-5-2-6-10-20)15-18-11-13-21(14-12-18)29-16-19-7-3-1-4-8-19/h1-14,22-23H,15-17H2/t22-,23+/m0/s1. The Morgan fingerprint density at radius 1 is 0.967 bits per heavy atom. The molecule has 1 heterocycles. The third-order valence-electron chi connectivity index (χ3n) is 5.00. The van der Waals surface area contributed by atoms with E-state index < -0.39 is 6.04 Å². The van der Waals surface area contributed by atoms with Gasteiger partial charge in [0.05, 0.1) is 0 Å². The molecule has 6 nitrogen and oxygen atoms in total. The van der Waals surface area contributed by atoms with Gasteiger partial charge in [-0.25, -0.2) is 4.99 Å². The van der Waals surface area contributed by atoms with Crippen molar-refractivity contribution >= 4 is 5.90 Å². The van der Waals surface area contributed by atoms with Crippen LogP contribution >= 0.6 is 0 Å². The minimum absolute atomic E-state index is 0.193. The first kappa shape index (κ1) is 19.6. The molecule has 0 N–H and O–H groups in total. The van der Waals surface area contributed by atoms with E-state index in [-0.39, 0.29) is 23.3 Å². The number of benzene rings is 3. The number of nitro groups is 1. The highest BCUT2D eigenvalue weighted by Crippen LogP contribution is 2.25. The lowest BCUT2D eigenvalue weighted by atomic mass is 10.1. The number of rotatable bonds is 8. The van der Waals surface area contributed by atoms with E-state index in [1.165, 1.54) is 0 Å². The molecule has 2 atom stereocenters. The van der Waals surface area contributed by atoms with Crippen molar-refractivity contribution in [2.75, 3.05) is 6.61 Å². The topological polar surface area (TPSA) is 74.0 Å². The second-order valence-electron chi connectivity index (χ2n) is 7.13. The van der Waals surface area contributed by atoms with E-state index >= 15 is 0 Å². The molecule has 30 heavy (non-hydrogen) atoms. The van der Waals surface area contributed by atoms with Gasteiger partial charge in [-0.05, 0) is 28.8 Å². The normalized spacial score (nSPS) is 16.4. The van der Waals surface area contributed by atoms with Crippen molar-refractivity contribution in [1.82, 2.24) is 0 Å². The summed E-state index contributed by atoms with van der Waals surface area (Å²) in [6, 6.07) is 25.7. The SMILES string of the molecule is O=[N+]([O-])[C@H](Cc1ccc(OCc2ccccc2)cc1)C1=N[C@H](c2ccccc2)CO1. The van der Waals surface area contributed by atoms with Gasteiger partial charge >= 0.3 is 0 Å². The quantitative estimate of drug-likeness (QED) is 0.407. The second-order valence-corrected chi connectivity index (χ2v) is 7.13. The molecule has 0 bridgehead atoms. The van der Waals surface area contributed by atoms with Gasteiger partial charge in [-0.2, -0.15) is 0 Å². The number of hydrogen-bond acceptors (Lipinski definition) is 5. The highest BCUT2D eigenvalue weighted by molar-refractivity contribution is 5.82. The van der Waals surface area contributed by atoms with Crippen molar-refractivity contribution in [2.24, 2.45) is 4.99 Å². The molecule has 0 unspecified atom stereocenters. The van der Waals surface area contributed by atoms with Crippen LogP contribution < -0.4 is 4.74 Å². The smallest absolute Gasteiger partial charge is 0.290 e. The molecule has 0 spiro atoms. The molecule has 0 aromatic heterocycles. The third kappa shape index (κ3) is 4.84. The van der Waals surface area contributed by atoms with Gasteiger partial charge in [0.1, 0.15) is 25.0 Å². The van der Waals surface area contributed by atoms with Crippen molar-refractivity contribution in [3.8, 4) is 5.75 Å². The number of ether oxygens (including phenoxy) is 2. The average molecular weight is 402 g/mol. The van der Waals surface area contributed by atoms with Crippen molar-refractivity contribution in [2.45, 2.75) is 25.1 Å². The summed E-state index contributed by atoms with van der Waals surface area (Å²) in [5, 5.41) is 11.7. The first-order valence-electron chi connectivity index (χ1n) is 9.83. The Balaban J connectivity index is 1.40. The van der Waals surface area contributed by atoms with Crippen LogP contribution in [0.4, 0.5) is 0 Å². The van der Waals surface area contributed by atoms with Gasteiger partial charge < -0.3 is 9.47 Å². The summed E-state index contributed by atoms with van der Waals surface area (Å²) in [6.45, 7) is 0.805. The van der Waals surface area contributed by atoms with Crippen LogP contribution in [0.1, 0.15) is 22.7 Å². The van der Waals surface area contributed by atoms with Gasteiger partial charge in [0.25, 0.3) is 11.9 Å². The molecule has 3 aromatic rings. The molecule has 1 aliphatic heterocycles. The minimum atomic E-state index is -1.00. The highest BCUT2D eigenvalue weighted by Gasteiger charge is 2.34. The Kier molecular flexibility index (Phi) is 6.03. The Morgan fingerprint density at radius 2 is 1.63 bits per heavy atom. The summed E-state index contributed by atoms with van der Waals surface area (Å²) in [5.41, 5.74) is 2.91. The van der Waals surface area contributed by atoms with Crippen LogP contribution in [-0.2, 0) is 17.8 Å². The van der Waals surface area contributed by atoms with Gasteiger partial charge in [0.2, 0.25) is 0 Å². The van der Waals surface area contributed by atoms with E-state index in [1.54, 1.807) is 0 Å². The van der Waals surface area contributed by atoms with E-state index in [0.29, 0.717) is 13.2 Å². The number of nitrogens with zero attached hydrogens (tertiary/aromatic N) is 2. The molecule has 4 rings (SSSR count). The van der Waals surface area contributed by atoms with Gasteiger partial charge in [-0.3, -0.25) is 10.1 Å². The summed E-state index contributed by atoms with van der Waals surface area (Å²) in [6.07, 6.45) is 0.215. The molecule has 152 valence electrons. The Hall–Kier alpha value is -3.67. The van der Waals surface area contributed by atoms with Crippen LogP contribution in [0.25, 0.3) is 0 Å². The first-order chi connectivity index (χ1) is 14.7. The minimum Gasteiger partial charge on any atom is -0.489 e. The zero-order valence-corrected chi connectivity index (χ0v) is 16.4. The van der Waals surface area contributed by atoms with Gasteiger partial charge in [-0.1, -0.05) is 72.8 Å². The summed E-state index contributed by atoms with van der Waals surface area (Å²) >= 11 is 0. The molecule has 0 saturated heterocycles. The van der Waals surface area contributed by atoms with Crippen LogP contribution in [0.15, 0.2) is 89.9 Å². The lowest BCUT2D eigenvalue weighted by Gasteiger charge is -2.10. The summed E-state index contributed by atoms with van der Waals surface area (Å²) in [4.78, 5) is 15.8. The molecule has 0 fully saturated rings. The maximum absolute atomic E-state index is 11.7. The van der Waals surface area contributed by atoms with Gasteiger partial charge in [0, 0.05) is 11.3 Å². The first-order valence-corrected chi connectivity index (χ1v) is 9.83. The lowest BCUT2D eigenvalue weighted by Crippen LogP contribution is -2.32. The third-order valence-corrected chi connectivity index (χ3v) is 5.00. The molecule has 3 aromatic carbocycles. The zero-order valence-electron chi connectivity index (χ0n) is 16.4. The van der Waals surface area contributed by atoms with Crippen LogP contribution in [0.5, 0.6) is 5.75 Å². The molecule has 0 radical (unpaired) electrons. The van der Waals surface area contributed by atoms with Crippen LogP contribution in [0, 0.1) is 10.1 Å². The zero-order chi connectivity index (χ0) is 20.8.